The molecular formula is C23H27N2O3P. The van der Waals surface area contributed by atoms with Crippen LogP contribution in [0.4, 0.5) is 5.88 Å². The maximum absolute atomic E-state index is 14.2. The van der Waals surface area contributed by atoms with Crippen molar-refractivity contribution in [2.24, 2.45) is 0 Å². The molecule has 6 heteroatoms. The zero-order valence-electron chi connectivity index (χ0n) is 17.0. The summed E-state index contributed by atoms with van der Waals surface area (Å²) in [5, 5.41) is 0.643. The van der Waals surface area contributed by atoms with E-state index in [-0.39, 0.29) is 0 Å². The monoisotopic (exact) mass is 410 g/mol. The average Bonchev–Trinajstić information content (AvgIpc) is 3.21. The molecule has 29 heavy (non-hydrogen) atoms. The lowest BCUT2D eigenvalue weighted by atomic mass is 10.1. The van der Waals surface area contributed by atoms with E-state index in [1.807, 2.05) is 68.4 Å². The molecule has 4 rings (SSSR count). The number of oxazole rings is 1. The highest BCUT2D eigenvalue weighted by atomic mass is 31.2. The van der Waals surface area contributed by atoms with E-state index < -0.39 is 7.37 Å². The summed E-state index contributed by atoms with van der Waals surface area (Å²) in [5.41, 5.74) is 2.40. The molecule has 1 aliphatic heterocycles. The minimum atomic E-state index is -3.39. The Morgan fingerprint density at radius 3 is 2.41 bits per heavy atom. The number of benzene rings is 2. The third-order valence-corrected chi connectivity index (χ3v) is 7.75. The molecule has 2 aromatic carbocycles. The number of anilines is 1. The summed E-state index contributed by atoms with van der Waals surface area (Å²) in [5.74, 6) is 1.08. The van der Waals surface area contributed by atoms with E-state index in [9.17, 15) is 4.57 Å². The summed E-state index contributed by atoms with van der Waals surface area (Å²) in [6, 6.07) is 17.3. The van der Waals surface area contributed by atoms with Gasteiger partial charge in [0.2, 0.25) is 11.8 Å². The minimum Gasteiger partial charge on any atom is -0.420 e. The molecule has 1 fully saturated rings. The second-order valence-corrected chi connectivity index (χ2v) is 9.62. The molecule has 1 saturated heterocycles. The second kappa shape index (κ2) is 8.56. The highest BCUT2D eigenvalue weighted by Crippen LogP contribution is 2.48. The molecule has 0 radical (unpaired) electrons. The van der Waals surface area contributed by atoms with E-state index in [1.54, 1.807) is 0 Å². The fourth-order valence-electron chi connectivity index (χ4n) is 3.79. The normalized spacial score (nSPS) is 16.6. The quantitative estimate of drug-likeness (QED) is 0.541. The van der Waals surface area contributed by atoms with Crippen LogP contribution in [-0.4, -0.2) is 24.7 Å². The molecule has 3 aromatic rings. The Kier molecular flexibility index (Phi) is 5.89. The van der Waals surface area contributed by atoms with Gasteiger partial charge in [-0.1, -0.05) is 36.4 Å². The summed E-state index contributed by atoms with van der Waals surface area (Å²) < 4.78 is 26.5. The van der Waals surface area contributed by atoms with E-state index in [0.717, 1.165) is 37.1 Å². The molecule has 0 spiro atoms. The van der Waals surface area contributed by atoms with Gasteiger partial charge >= 0.3 is 0 Å². The smallest absolute Gasteiger partial charge is 0.284 e. The van der Waals surface area contributed by atoms with Crippen molar-refractivity contribution in [2.45, 2.75) is 33.1 Å². The van der Waals surface area contributed by atoms with Gasteiger partial charge in [-0.25, -0.2) is 4.98 Å². The molecule has 5 nitrogen and oxygen atoms in total. The van der Waals surface area contributed by atoms with Gasteiger partial charge in [0.15, 0.2) is 5.44 Å². The Bertz CT molecular complexity index is 1010. The van der Waals surface area contributed by atoms with Crippen molar-refractivity contribution in [1.82, 2.24) is 4.98 Å². The van der Waals surface area contributed by atoms with Crippen LogP contribution in [0.1, 0.15) is 31.7 Å². The molecule has 1 aliphatic rings. The fraction of sp³-hybridized carbons (Fsp3) is 0.348. The van der Waals surface area contributed by atoms with E-state index in [0.29, 0.717) is 29.1 Å². The number of hydrogen-bond donors (Lipinski definition) is 0. The van der Waals surface area contributed by atoms with Crippen LogP contribution in [0, 0.1) is 6.92 Å². The molecule has 1 atom stereocenters. The molecule has 0 amide bonds. The first-order valence-electron chi connectivity index (χ1n) is 10.3. The van der Waals surface area contributed by atoms with Crippen molar-refractivity contribution in [3.05, 3.63) is 60.2 Å². The van der Waals surface area contributed by atoms with Gasteiger partial charge in [0, 0.05) is 24.0 Å². The topological polar surface area (TPSA) is 55.6 Å². The van der Waals surface area contributed by atoms with Crippen molar-refractivity contribution in [2.75, 3.05) is 24.6 Å². The van der Waals surface area contributed by atoms with Gasteiger partial charge in [0.25, 0.3) is 7.37 Å². The lowest BCUT2D eigenvalue weighted by Gasteiger charge is -2.28. The lowest BCUT2D eigenvalue weighted by Crippen LogP contribution is -2.34. The second-order valence-electron chi connectivity index (χ2n) is 7.32. The van der Waals surface area contributed by atoms with E-state index in [2.05, 4.69) is 4.90 Å². The van der Waals surface area contributed by atoms with Crippen molar-refractivity contribution in [1.29, 1.82) is 0 Å². The fourth-order valence-corrected chi connectivity index (χ4v) is 5.90. The number of rotatable bonds is 6. The van der Waals surface area contributed by atoms with Crippen molar-refractivity contribution in [3.8, 4) is 11.5 Å². The first-order valence-corrected chi connectivity index (χ1v) is 11.9. The molecule has 0 bridgehead atoms. The Balaban J connectivity index is 1.90. The van der Waals surface area contributed by atoms with Crippen molar-refractivity contribution >= 4 is 24.0 Å². The van der Waals surface area contributed by atoms with Crippen LogP contribution >= 0.6 is 7.37 Å². The average molecular weight is 410 g/mol. The third-order valence-electron chi connectivity index (χ3n) is 5.30. The molecule has 152 valence electrons. The Morgan fingerprint density at radius 2 is 1.72 bits per heavy atom. The third kappa shape index (κ3) is 3.90. The van der Waals surface area contributed by atoms with Crippen molar-refractivity contribution in [3.63, 3.8) is 0 Å². The van der Waals surface area contributed by atoms with Crippen LogP contribution in [-0.2, 0) is 9.09 Å². The Labute approximate surface area is 172 Å². The van der Waals surface area contributed by atoms with Gasteiger partial charge in [-0.2, -0.15) is 0 Å². The van der Waals surface area contributed by atoms with Crippen LogP contribution in [0.15, 0.2) is 59.0 Å². The first-order chi connectivity index (χ1) is 14.1. The summed E-state index contributed by atoms with van der Waals surface area (Å²) in [6.07, 6.45) is 3.38. The Hall–Kier alpha value is -2.36. The van der Waals surface area contributed by atoms with Crippen LogP contribution in [0.25, 0.3) is 11.5 Å². The van der Waals surface area contributed by atoms with Gasteiger partial charge in [-0.3, -0.25) is 4.57 Å². The summed E-state index contributed by atoms with van der Waals surface area (Å²) in [6.45, 7) is 5.96. The standard InChI is InChI=1S/C23H27N2O3P/c1-3-27-29(26,19-13-6-4-7-14-19)22-23(25-16-10-5-11-17-25)28-21(24-22)20-15-9-8-12-18(20)2/h4,6-9,12-15H,3,5,10-11,16-17H2,1-2H3/t29-/m0/s1. The van der Waals surface area contributed by atoms with Gasteiger partial charge in [-0.15, -0.1) is 0 Å². The number of aryl methyl sites for hydroxylation is 1. The van der Waals surface area contributed by atoms with Crippen LogP contribution in [0.5, 0.6) is 0 Å². The number of piperidine rings is 1. The zero-order chi connectivity index (χ0) is 20.3. The number of nitrogens with zero attached hydrogens (tertiary/aromatic N) is 2. The maximum Gasteiger partial charge on any atom is 0.284 e. The summed E-state index contributed by atoms with van der Waals surface area (Å²) in [4.78, 5) is 6.96. The largest absolute Gasteiger partial charge is 0.420 e. The van der Waals surface area contributed by atoms with Gasteiger partial charge in [-0.05, 0) is 56.9 Å². The van der Waals surface area contributed by atoms with Gasteiger partial charge in [0.1, 0.15) is 0 Å². The summed E-state index contributed by atoms with van der Waals surface area (Å²) in [7, 11) is -3.39. The SMILES string of the molecule is CCO[P@@](=O)(c1ccccc1)c1nc(-c2ccccc2C)oc1N1CCCCC1. The van der Waals surface area contributed by atoms with E-state index in [4.69, 9.17) is 13.9 Å². The summed E-state index contributed by atoms with van der Waals surface area (Å²) >= 11 is 0. The maximum atomic E-state index is 14.2. The predicted octanol–water partition coefficient (Wildman–Crippen LogP) is 4.91. The zero-order valence-corrected chi connectivity index (χ0v) is 17.9. The van der Waals surface area contributed by atoms with Gasteiger partial charge in [0.05, 0.1) is 6.61 Å². The first kappa shape index (κ1) is 19.9. The van der Waals surface area contributed by atoms with Crippen LogP contribution in [0.2, 0.25) is 0 Å². The predicted molar refractivity (Wildman–Crippen MR) is 118 cm³/mol. The minimum absolute atomic E-state index is 0.332. The van der Waals surface area contributed by atoms with Crippen LogP contribution < -0.4 is 15.6 Å². The molecule has 0 N–H and O–H groups in total. The molecule has 1 aromatic heterocycles. The van der Waals surface area contributed by atoms with Crippen LogP contribution in [0.3, 0.4) is 0 Å². The van der Waals surface area contributed by atoms with Gasteiger partial charge < -0.3 is 13.8 Å². The molecule has 2 heterocycles. The van der Waals surface area contributed by atoms with Crippen molar-refractivity contribution < 1.29 is 13.5 Å². The highest BCUT2D eigenvalue weighted by molar-refractivity contribution is 7.74. The molecule has 0 aliphatic carbocycles. The lowest BCUT2D eigenvalue weighted by molar-refractivity contribution is 0.347. The number of hydrogen-bond acceptors (Lipinski definition) is 5. The van der Waals surface area contributed by atoms with E-state index >= 15 is 0 Å². The molecular weight excluding hydrogens is 383 g/mol. The highest BCUT2D eigenvalue weighted by Gasteiger charge is 2.38. The Morgan fingerprint density at radius 1 is 1.03 bits per heavy atom. The molecule has 0 unspecified atom stereocenters. The van der Waals surface area contributed by atoms with E-state index in [1.165, 1.54) is 6.42 Å². The number of aromatic nitrogens is 1. The molecule has 0 saturated carbocycles.